The fraction of sp³-hybridized carbons (Fsp3) is 0.235. The molecule has 0 saturated heterocycles. The van der Waals surface area contributed by atoms with Gasteiger partial charge in [0.2, 0.25) is 0 Å². The van der Waals surface area contributed by atoms with Crippen molar-refractivity contribution < 1.29 is 24.5 Å². The summed E-state index contributed by atoms with van der Waals surface area (Å²) >= 11 is 0. The highest BCUT2D eigenvalue weighted by Crippen LogP contribution is 2.33. The molecule has 5 nitrogen and oxygen atoms in total. The summed E-state index contributed by atoms with van der Waals surface area (Å²) in [5, 5.41) is 19.2. The van der Waals surface area contributed by atoms with Gasteiger partial charge in [0.05, 0.1) is 14.2 Å². The summed E-state index contributed by atoms with van der Waals surface area (Å²) in [4.78, 5) is 11.4. The maximum atomic E-state index is 11.4. The van der Waals surface area contributed by atoms with E-state index in [1.54, 1.807) is 32.4 Å². The highest BCUT2D eigenvalue weighted by molar-refractivity contribution is 5.66. The standard InChI is InChI=1S/C17H18O5/c1-21-14-5-3-11(17(9-14)22-2)7-12(10-18)15-6-4-13(19)8-16(15)20/h3-6,8-10,12,19-20H,7H2,1-2H3. The first-order chi connectivity index (χ1) is 10.6. The molecule has 2 N–H and O–H groups in total. The Morgan fingerprint density at radius 1 is 1.09 bits per heavy atom. The van der Waals surface area contributed by atoms with Crippen LogP contribution in [0.5, 0.6) is 23.0 Å². The van der Waals surface area contributed by atoms with Crippen LogP contribution >= 0.6 is 0 Å². The lowest BCUT2D eigenvalue weighted by Crippen LogP contribution is -2.06. The van der Waals surface area contributed by atoms with Gasteiger partial charge in [0.15, 0.2) is 0 Å². The minimum Gasteiger partial charge on any atom is -0.508 e. The largest absolute Gasteiger partial charge is 0.508 e. The number of benzene rings is 2. The normalized spacial score (nSPS) is 11.7. The zero-order valence-electron chi connectivity index (χ0n) is 12.4. The monoisotopic (exact) mass is 302 g/mol. The van der Waals surface area contributed by atoms with E-state index in [-0.39, 0.29) is 11.5 Å². The van der Waals surface area contributed by atoms with Gasteiger partial charge in [-0.3, -0.25) is 0 Å². The van der Waals surface area contributed by atoms with E-state index < -0.39 is 5.92 Å². The highest BCUT2D eigenvalue weighted by Gasteiger charge is 2.18. The second-order valence-electron chi connectivity index (χ2n) is 4.87. The van der Waals surface area contributed by atoms with Crippen molar-refractivity contribution in [2.24, 2.45) is 0 Å². The number of carbonyl (C=O) groups excluding carboxylic acids is 1. The second-order valence-corrected chi connectivity index (χ2v) is 4.87. The second kappa shape index (κ2) is 6.85. The number of hydrogen-bond acceptors (Lipinski definition) is 5. The summed E-state index contributed by atoms with van der Waals surface area (Å²) in [6, 6.07) is 9.56. The molecule has 1 atom stereocenters. The lowest BCUT2D eigenvalue weighted by atomic mass is 9.92. The summed E-state index contributed by atoms with van der Waals surface area (Å²) in [6.07, 6.45) is 1.14. The number of phenols is 2. The molecule has 116 valence electrons. The Hall–Kier alpha value is -2.69. The Morgan fingerprint density at radius 3 is 2.45 bits per heavy atom. The molecule has 0 saturated carbocycles. The summed E-state index contributed by atoms with van der Waals surface area (Å²) in [7, 11) is 3.11. The number of hydrogen-bond donors (Lipinski definition) is 2. The molecular formula is C17H18O5. The molecule has 0 aromatic heterocycles. The van der Waals surface area contributed by atoms with E-state index in [0.717, 1.165) is 11.8 Å². The van der Waals surface area contributed by atoms with Crippen LogP contribution in [0.4, 0.5) is 0 Å². The Morgan fingerprint density at radius 2 is 1.86 bits per heavy atom. The van der Waals surface area contributed by atoms with Crippen LogP contribution in [0.25, 0.3) is 0 Å². The van der Waals surface area contributed by atoms with Crippen molar-refractivity contribution in [3.8, 4) is 23.0 Å². The molecule has 1 unspecified atom stereocenters. The van der Waals surface area contributed by atoms with E-state index >= 15 is 0 Å². The quantitative estimate of drug-likeness (QED) is 0.802. The lowest BCUT2D eigenvalue weighted by Gasteiger charge is -2.15. The topological polar surface area (TPSA) is 76.0 Å². The maximum Gasteiger partial charge on any atom is 0.127 e. The fourth-order valence-corrected chi connectivity index (χ4v) is 2.33. The Bertz CT molecular complexity index is 666. The van der Waals surface area contributed by atoms with Gasteiger partial charge in [-0.05, 0) is 24.1 Å². The van der Waals surface area contributed by atoms with Crippen molar-refractivity contribution >= 4 is 6.29 Å². The smallest absolute Gasteiger partial charge is 0.127 e. The van der Waals surface area contributed by atoms with Crippen LogP contribution < -0.4 is 9.47 Å². The van der Waals surface area contributed by atoms with Crippen molar-refractivity contribution in [1.29, 1.82) is 0 Å². The number of rotatable bonds is 6. The van der Waals surface area contributed by atoms with Crippen LogP contribution in [0.2, 0.25) is 0 Å². The van der Waals surface area contributed by atoms with Gasteiger partial charge < -0.3 is 24.5 Å². The molecule has 0 radical (unpaired) electrons. The number of ether oxygens (including phenoxy) is 2. The third-order valence-electron chi connectivity index (χ3n) is 3.51. The lowest BCUT2D eigenvalue weighted by molar-refractivity contribution is -0.109. The maximum absolute atomic E-state index is 11.4. The van der Waals surface area contributed by atoms with Crippen molar-refractivity contribution in [2.75, 3.05) is 14.2 Å². The first-order valence-electron chi connectivity index (χ1n) is 6.77. The Labute approximate surface area is 128 Å². The van der Waals surface area contributed by atoms with Gasteiger partial charge >= 0.3 is 0 Å². The van der Waals surface area contributed by atoms with Gasteiger partial charge in [-0.15, -0.1) is 0 Å². The molecule has 2 aromatic rings. The number of aromatic hydroxyl groups is 2. The van der Waals surface area contributed by atoms with Crippen LogP contribution in [0.3, 0.4) is 0 Å². The third kappa shape index (κ3) is 3.31. The minimum absolute atomic E-state index is 0.0482. The molecule has 0 amide bonds. The van der Waals surface area contributed by atoms with Crippen LogP contribution in [-0.2, 0) is 11.2 Å². The zero-order valence-corrected chi connectivity index (χ0v) is 12.4. The van der Waals surface area contributed by atoms with Crippen LogP contribution in [0, 0.1) is 0 Å². The van der Waals surface area contributed by atoms with Crippen LogP contribution in [0.15, 0.2) is 36.4 Å². The van der Waals surface area contributed by atoms with E-state index in [0.29, 0.717) is 23.5 Å². The first-order valence-corrected chi connectivity index (χ1v) is 6.77. The van der Waals surface area contributed by atoms with Crippen molar-refractivity contribution in [2.45, 2.75) is 12.3 Å². The average Bonchev–Trinajstić information content (AvgIpc) is 2.53. The highest BCUT2D eigenvalue weighted by atomic mass is 16.5. The number of methoxy groups -OCH3 is 2. The summed E-state index contributed by atoms with van der Waals surface area (Å²) in [5.74, 6) is 0.584. The first kappa shape index (κ1) is 15.7. The molecule has 0 aliphatic heterocycles. The summed E-state index contributed by atoms with van der Waals surface area (Å²) < 4.78 is 10.5. The molecule has 0 spiro atoms. The van der Waals surface area contributed by atoms with Crippen molar-refractivity contribution in [3.05, 3.63) is 47.5 Å². The predicted octanol–water partition coefficient (Wildman–Crippen LogP) is 2.64. The fourth-order valence-electron chi connectivity index (χ4n) is 2.33. The van der Waals surface area contributed by atoms with Gasteiger partial charge in [-0.1, -0.05) is 12.1 Å². The molecule has 0 bridgehead atoms. The SMILES string of the molecule is COc1ccc(CC(C=O)c2ccc(O)cc2O)c(OC)c1. The molecular weight excluding hydrogens is 284 g/mol. The Balaban J connectivity index is 2.32. The molecule has 22 heavy (non-hydrogen) atoms. The zero-order chi connectivity index (χ0) is 16.1. The molecule has 5 heteroatoms. The van der Waals surface area contributed by atoms with Crippen molar-refractivity contribution in [1.82, 2.24) is 0 Å². The van der Waals surface area contributed by atoms with Gasteiger partial charge in [-0.25, -0.2) is 0 Å². The van der Waals surface area contributed by atoms with E-state index in [1.165, 1.54) is 12.1 Å². The average molecular weight is 302 g/mol. The van der Waals surface area contributed by atoms with Gasteiger partial charge in [0.1, 0.15) is 29.3 Å². The summed E-state index contributed by atoms with van der Waals surface area (Å²) in [6.45, 7) is 0. The minimum atomic E-state index is -0.539. The number of carbonyl (C=O) groups is 1. The molecule has 0 fully saturated rings. The number of phenolic OH excluding ortho intramolecular Hbond substituents is 2. The number of aldehydes is 1. The molecule has 2 rings (SSSR count). The van der Waals surface area contributed by atoms with E-state index in [4.69, 9.17) is 9.47 Å². The molecule has 2 aromatic carbocycles. The summed E-state index contributed by atoms with van der Waals surface area (Å²) in [5.41, 5.74) is 1.29. The Kier molecular flexibility index (Phi) is 4.88. The van der Waals surface area contributed by atoms with E-state index in [2.05, 4.69) is 0 Å². The van der Waals surface area contributed by atoms with Crippen LogP contribution in [-0.4, -0.2) is 30.7 Å². The third-order valence-corrected chi connectivity index (χ3v) is 3.51. The van der Waals surface area contributed by atoms with Gasteiger partial charge in [0.25, 0.3) is 0 Å². The van der Waals surface area contributed by atoms with Gasteiger partial charge in [-0.2, -0.15) is 0 Å². The van der Waals surface area contributed by atoms with E-state index in [1.807, 2.05) is 6.07 Å². The van der Waals surface area contributed by atoms with Gasteiger partial charge in [0, 0.05) is 23.6 Å². The van der Waals surface area contributed by atoms with Crippen molar-refractivity contribution in [3.63, 3.8) is 0 Å². The molecule has 0 heterocycles. The van der Waals surface area contributed by atoms with Crippen LogP contribution in [0.1, 0.15) is 17.0 Å². The molecule has 0 aliphatic rings. The molecule has 0 aliphatic carbocycles. The predicted molar refractivity (Wildman–Crippen MR) is 81.8 cm³/mol. The van der Waals surface area contributed by atoms with E-state index in [9.17, 15) is 15.0 Å².